The molecule has 2 amide bonds. The first-order chi connectivity index (χ1) is 13.5. The van der Waals surface area contributed by atoms with Crippen LogP contribution in [0.2, 0.25) is 0 Å². The Balaban J connectivity index is 1.68. The minimum absolute atomic E-state index is 0.244. The third-order valence-corrected chi connectivity index (χ3v) is 5.12. The highest BCUT2D eigenvalue weighted by Gasteiger charge is 2.37. The lowest BCUT2D eigenvalue weighted by molar-refractivity contribution is -0.132. The normalized spacial score (nSPS) is 19.7. The first-order valence-electron chi connectivity index (χ1n) is 9.22. The van der Waals surface area contributed by atoms with Gasteiger partial charge in [0.05, 0.1) is 23.7 Å². The zero-order chi connectivity index (χ0) is 19.8. The van der Waals surface area contributed by atoms with E-state index in [1.165, 1.54) is 4.90 Å². The maximum absolute atomic E-state index is 13.1. The number of morpholine rings is 1. The Morgan fingerprint density at radius 3 is 2.79 bits per heavy atom. The molecule has 2 heterocycles. The van der Waals surface area contributed by atoms with Crippen molar-refractivity contribution in [3.8, 4) is 5.69 Å². The Labute approximate surface area is 162 Å². The maximum atomic E-state index is 13.1. The lowest BCUT2D eigenvalue weighted by Gasteiger charge is -2.37. The molecule has 1 aromatic heterocycles. The second kappa shape index (κ2) is 7.09. The number of carbonyl (C=O) groups is 2. The Bertz CT molecular complexity index is 1060. The van der Waals surface area contributed by atoms with Crippen LogP contribution in [0.4, 0.5) is 0 Å². The topological polar surface area (TPSA) is 90.4 Å². The number of fused-ring (bicyclic) bond motifs is 1. The molecule has 0 unspecified atom stereocenters. The van der Waals surface area contributed by atoms with Crippen LogP contribution < -0.4 is 5.73 Å². The van der Waals surface area contributed by atoms with E-state index in [0.717, 1.165) is 16.8 Å². The van der Waals surface area contributed by atoms with Crippen LogP contribution in [0.25, 0.3) is 16.7 Å². The summed E-state index contributed by atoms with van der Waals surface area (Å²) in [4.78, 5) is 30.9. The first-order valence-corrected chi connectivity index (χ1v) is 9.22. The van der Waals surface area contributed by atoms with Crippen molar-refractivity contribution in [3.63, 3.8) is 0 Å². The highest BCUT2D eigenvalue weighted by Crippen LogP contribution is 2.23. The van der Waals surface area contributed by atoms with E-state index in [1.54, 1.807) is 25.4 Å². The van der Waals surface area contributed by atoms with Crippen molar-refractivity contribution < 1.29 is 14.3 Å². The smallest absolute Gasteiger partial charge is 0.254 e. The summed E-state index contributed by atoms with van der Waals surface area (Å²) >= 11 is 0. The average molecular weight is 378 g/mol. The number of amides is 2. The quantitative estimate of drug-likeness (QED) is 0.755. The van der Waals surface area contributed by atoms with E-state index in [9.17, 15) is 9.59 Å². The Morgan fingerprint density at radius 2 is 2.04 bits per heavy atom. The maximum Gasteiger partial charge on any atom is 0.254 e. The van der Waals surface area contributed by atoms with Crippen molar-refractivity contribution in [2.45, 2.75) is 26.0 Å². The van der Waals surface area contributed by atoms with Crippen LogP contribution in [0.5, 0.6) is 0 Å². The molecule has 0 radical (unpaired) electrons. The first kappa shape index (κ1) is 18.2. The van der Waals surface area contributed by atoms with E-state index in [-0.39, 0.29) is 5.91 Å². The number of benzene rings is 2. The second-order valence-corrected chi connectivity index (χ2v) is 7.08. The van der Waals surface area contributed by atoms with Gasteiger partial charge in [0, 0.05) is 17.8 Å². The van der Waals surface area contributed by atoms with Crippen molar-refractivity contribution in [1.29, 1.82) is 0 Å². The Morgan fingerprint density at radius 1 is 1.21 bits per heavy atom. The summed E-state index contributed by atoms with van der Waals surface area (Å²) in [5.41, 5.74) is 9.77. The number of aryl methyl sites for hydroxylation is 1. The van der Waals surface area contributed by atoms with Gasteiger partial charge in [-0.15, -0.1) is 0 Å². The van der Waals surface area contributed by atoms with Crippen LogP contribution in [0.1, 0.15) is 22.8 Å². The predicted molar refractivity (Wildman–Crippen MR) is 105 cm³/mol. The number of primary amides is 1. The van der Waals surface area contributed by atoms with Crippen molar-refractivity contribution in [2.24, 2.45) is 5.73 Å². The van der Waals surface area contributed by atoms with Crippen molar-refractivity contribution >= 4 is 22.8 Å². The largest absolute Gasteiger partial charge is 0.374 e. The molecule has 2 atom stereocenters. The molecule has 144 valence electrons. The number of nitrogens with zero attached hydrogens (tertiary/aromatic N) is 3. The SMILES string of the molecule is Cc1cccc(-n2cnc3cc(C(=O)N4CCO[C@H](C)[C@H]4C(N)=O)ccc32)c1. The molecule has 2 aromatic carbocycles. The molecule has 7 nitrogen and oxygen atoms in total. The standard InChI is InChI=1S/C21H22N4O3/c1-13-4-3-5-16(10-13)25-12-23-17-11-15(6-7-18(17)25)21(27)24-8-9-28-14(2)19(24)20(22)26/h3-7,10-12,14,19H,8-9H2,1-2H3,(H2,22,26)/t14-,19+/m1/s1. The summed E-state index contributed by atoms with van der Waals surface area (Å²) in [6, 6.07) is 12.7. The van der Waals surface area contributed by atoms with Crippen LogP contribution >= 0.6 is 0 Å². The molecule has 0 bridgehead atoms. The van der Waals surface area contributed by atoms with Crippen molar-refractivity contribution in [1.82, 2.24) is 14.5 Å². The van der Waals surface area contributed by atoms with Gasteiger partial charge >= 0.3 is 0 Å². The molecule has 0 spiro atoms. The number of aromatic nitrogens is 2. The van der Waals surface area contributed by atoms with Gasteiger partial charge in [-0.2, -0.15) is 0 Å². The van der Waals surface area contributed by atoms with Gasteiger partial charge in [-0.05, 0) is 49.7 Å². The molecular weight excluding hydrogens is 356 g/mol. The number of hydrogen-bond acceptors (Lipinski definition) is 4. The number of carbonyl (C=O) groups excluding carboxylic acids is 2. The summed E-state index contributed by atoms with van der Waals surface area (Å²) in [6.45, 7) is 4.49. The lowest BCUT2D eigenvalue weighted by atomic mass is 10.1. The van der Waals surface area contributed by atoms with Crippen molar-refractivity contribution in [2.75, 3.05) is 13.2 Å². The fraction of sp³-hybridized carbons (Fsp3) is 0.286. The van der Waals surface area contributed by atoms with Crippen LogP contribution in [-0.2, 0) is 9.53 Å². The second-order valence-electron chi connectivity index (χ2n) is 7.08. The van der Waals surface area contributed by atoms with Crippen LogP contribution in [0.15, 0.2) is 48.8 Å². The molecule has 2 N–H and O–H groups in total. The van der Waals surface area contributed by atoms with Gasteiger partial charge in [0.25, 0.3) is 5.91 Å². The van der Waals surface area contributed by atoms with Crippen LogP contribution in [0, 0.1) is 6.92 Å². The minimum atomic E-state index is -0.776. The van der Waals surface area contributed by atoms with E-state index < -0.39 is 18.1 Å². The average Bonchev–Trinajstić information content (AvgIpc) is 3.10. The van der Waals surface area contributed by atoms with Gasteiger partial charge in [0.1, 0.15) is 12.4 Å². The van der Waals surface area contributed by atoms with E-state index in [1.807, 2.05) is 35.8 Å². The molecule has 28 heavy (non-hydrogen) atoms. The molecule has 0 saturated carbocycles. The van der Waals surface area contributed by atoms with E-state index in [4.69, 9.17) is 10.5 Å². The van der Waals surface area contributed by atoms with Gasteiger partial charge in [-0.1, -0.05) is 12.1 Å². The zero-order valence-electron chi connectivity index (χ0n) is 15.8. The highest BCUT2D eigenvalue weighted by molar-refractivity contribution is 6.00. The summed E-state index contributed by atoms with van der Waals surface area (Å²) in [5, 5.41) is 0. The molecular formula is C21H22N4O3. The molecule has 1 aliphatic heterocycles. The Hall–Kier alpha value is -3.19. The fourth-order valence-corrected chi connectivity index (χ4v) is 3.73. The van der Waals surface area contributed by atoms with Gasteiger partial charge in [0.2, 0.25) is 5.91 Å². The third kappa shape index (κ3) is 3.14. The lowest BCUT2D eigenvalue weighted by Crippen LogP contribution is -2.58. The molecule has 0 aliphatic carbocycles. The van der Waals surface area contributed by atoms with Crippen molar-refractivity contribution in [3.05, 3.63) is 59.9 Å². The third-order valence-electron chi connectivity index (χ3n) is 5.12. The number of ether oxygens (including phenoxy) is 1. The number of hydrogen-bond donors (Lipinski definition) is 1. The highest BCUT2D eigenvalue weighted by atomic mass is 16.5. The van der Waals surface area contributed by atoms with Gasteiger partial charge < -0.3 is 15.4 Å². The summed E-state index contributed by atoms with van der Waals surface area (Å²) in [5.74, 6) is -0.809. The summed E-state index contributed by atoms with van der Waals surface area (Å²) in [6.07, 6.45) is 1.32. The monoisotopic (exact) mass is 378 g/mol. The van der Waals surface area contributed by atoms with Gasteiger partial charge in [-0.3, -0.25) is 14.2 Å². The minimum Gasteiger partial charge on any atom is -0.374 e. The Kier molecular flexibility index (Phi) is 4.60. The molecule has 1 aliphatic rings. The number of imidazole rings is 1. The van der Waals surface area contributed by atoms with E-state index in [2.05, 4.69) is 11.1 Å². The van der Waals surface area contributed by atoms with Gasteiger partial charge in [0.15, 0.2) is 0 Å². The van der Waals surface area contributed by atoms with E-state index >= 15 is 0 Å². The molecule has 4 rings (SSSR count). The van der Waals surface area contributed by atoms with Gasteiger partial charge in [-0.25, -0.2) is 4.98 Å². The molecule has 1 saturated heterocycles. The summed E-state index contributed by atoms with van der Waals surface area (Å²) in [7, 11) is 0. The molecule has 7 heteroatoms. The van der Waals surface area contributed by atoms with E-state index in [0.29, 0.717) is 24.2 Å². The predicted octanol–water partition coefficient (Wildman–Crippen LogP) is 2.05. The number of nitrogens with two attached hydrogens (primary N) is 1. The fourth-order valence-electron chi connectivity index (χ4n) is 3.73. The molecule has 3 aromatic rings. The zero-order valence-corrected chi connectivity index (χ0v) is 15.8. The van der Waals surface area contributed by atoms with Crippen LogP contribution in [0.3, 0.4) is 0 Å². The number of rotatable bonds is 3. The van der Waals surface area contributed by atoms with Crippen LogP contribution in [-0.4, -0.2) is 51.6 Å². The molecule has 1 fully saturated rings. The summed E-state index contributed by atoms with van der Waals surface area (Å²) < 4.78 is 7.48.